The van der Waals surface area contributed by atoms with Crippen LogP contribution in [0.5, 0.6) is 5.75 Å². The van der Waals surface area contributed by atoms with Crippen molar-refractivity contribution in [3.63, 3.8) is 0 Å². The van der Waals surface area contributed by atoms with Crippen LogP contribution in [0.15, 0.2) is 67.0 Å². The molecular formula is C22H17F3N6O3. The first-order valence-corrected chi connectivity index (χ1v) is 9.82. The SMILES string of the molecule is Cc1c(C(=O)NNC(=O)c2nn(-c3ccccc3)cc2O)cnn1-c1cccc(C(F)(F)F)c1. The minimum absolute atomic E-state index is 0.0248. The molecule has 12 heteroatoms. The van der Waals surface area contributed by atoms with E-state index in [0.717, 1.165) is 12.1 Å². The minimum Gasteiger partial charge on any atom is -0.504 e. The van der Waals surface area contributed by atoms with Gasteiger partial charge in [-0.3, -0.25) is 20.4 Å². The first-order chi connectivity index (χ1) is 16.1. The number of amides is 2. The molecule has 9 nitrogen and oxygen atoms in total. The largest absolute Gasteiger partial charge is 0.504 e. The zero-order chi connectivity index (χ0) is 24.5. The van der Waals surface area contributed by atoms with Gasteiger partial charge in [0.25, 0.3) is 11.8 Å². The van der Waals surface area contributed by atoms with Crippen molar-refractivity contribution in [2.45, 2.75) is 13.1 Å². The van der Waals surface area contributed by atoms with Crippen LogP contribution in [-0.4, -0.2) is 36.5 Å². The van der Waals surface area contributed by atoms with Gasteiger partial charge in [0.15, 0.2) is 11.4 Å². The molecule has 0 bridgehead atoms. The highest BCUT2D eigenvalue weighted by Gasteiger charge is 2.31. The van der Waals surface area contributed by atoms with Crippen molar-refractivity contribution in [1.82, 2.24) is 30.4 Å². The summed E-state index contributed by atoms with van der Waals surface area (Å²) in [4.78, 5) is 24.9. The fourth-order valence-electron chi connectivity index (χ4n) is 3.19. The molecule has 0 saturated carbocycles. The van der Waals surface area contributed by atoms with Crippen molar-refractivity contribution in [3.8, 4) is 17.1 Å². The van der Waals surface area contributed by atoms with Gasteiger partial charge < -0.3 is 5.11 Å². The Morgan fingerprint density at radius 2 is 1.65 bits per heavy atom. The highest BCUT2D eigenvalue weighted by molar-refractivity contribution is 5.99. The summed E-state index contributed by atoms with van der Waals surface area (Å²) in [7, 11) is 0. The second kappa shape index (κ2) is 8.73. The summed E-state index contributed by atoms with van der Waals surface area (Å²) < 4.78 is 41.5. The number of halogens is 3. The van der Waals surface area contributed by atoms with Gasteiger partial charge in [0, 0.05) is 0 Å². The van der Waals surface area contributed by atoms with Crippen molar-refractivity contribution < 1.29 is 27.9 Å². The van der Waals surface area contributed by atoms with E-state index >= 15 is 0 Å². The molecule has 3 N–H and O–H groups in total. The van der Waals surface area contributed by atoms with Crippen molar-refractivity contribution in [1.29, 1.82) is 0 Å². The lowest BCUT2D eigenvalue weighted by Crippen LogP contribution is -2.42. The number of carbonyl (C=O) groups is 2. The van der Waals surface area contributed by atoms with E-state index in [0.29, 0.717) is 5.69 Å². The van der Waals surface area contributed by atoms with E-state index in [4.69, 9.17) is 0 Å². The maximum Gasteiger partial charge on any atom is 0.416 e. The van der Waals surface area contributed by atoms with E-state index in [-0.39, 0.29) is 22.6 Å². The van der Waals surface area contributed by atoms with Crippen LogP contribution in [0.4, 0.5) is 13.2 Å². The molecule has 0 spiro atoms. The number of benzene rings is 2. The van der Waals surface area contributed by atoms with Crippen molar-refractivity contribution in [2.24, 2.45) is 0 Å². The number of aromatic nitrogens is 4. The Balaban J connectivity index is 1.47. The average Bonchev–Trinajstić information content (AvgIpc) is 3.40. The first kappa shape index (κ1) is 22.6. The number of hydrogen-bond acceptors (Lipinski definition) is 5. The topological polar surface area (TPSA) is 114 Å². The molecular weight excluding hydrogens is 453 g/mol. The van der Waals surface area contributed by atoms with Gasteiger partial charge in [0.05, 0.1) is 40.6 Å². The summed E-state index contributed by atoms with van der Waals surface area (Å²) in [6.07, 6.45) is -2.12. The van der Waals surface area contributed by atoms with Crippen LogP contribution in [0.1, 0.15) is 32.1 Å². The Morgan fingerprint density at radius 3 is 2.35 bits per heavy atom. The number of rotatable bonds is 4. The molecule has 174 valence electrons. The van der Waals surface area contributed by atoms with Gasteiger partial charge in [-0.25, -0.2) is 9.36 Å². The third-order valence-electron chi connectivity index (χ3n) is 4.89. The molecule has 0 aliphatic carbocycles. The number of aromatic hydroxyl groups is 1. The lowest BCUT2D eigenvalue weighted by atomic mass is 10.2. The van der Waals surface area contributed by atoms with Crippen LogP contribution >= 0.6 is 0 Å². The van der Waals surface area contributed by atoms with Gasteiger partial charge in [0.1, 0.15) is 0 Å². The summed E-state index contributed by atoms with van der Waals surface area (Å²) in [5.41, 5.74) is 4.16. The maximum absolute atomic E-state index is 13.0. The molecule has 4 rings (SSSR count). The van der Waals surface area contributed by atoms with Gasteiger partial charge in [-0.05, 0) is 37.3 Å². The Hall–Kier alpha value is -4.61. The van der Waals surface area contributed by atoms with E-state index in [1.54, 1.807) is 30.3 Å². The third-order valence-corrected chi connectivity index (χ3v) is 4.89. The lowest BCUT2D eigenvalue weighted by molar-refractivity contribution is -0.137. The quantitative estimate of drug-likeness (QED) is 0.397. The standard InChI is InChI=1S/C22H17F3N6O3/c1-13-17(11-26-31(13)16-9-5-6-14(10-16)22(23,24)25)20(33)27-28-21(34)19-18(32)12-30(29-19)15-7-3-2-4-8-15/h2-12,32H,1H3,(H,27,33)(H,28,34). The number of alkyl halides is 3. The Labute approximate surface area is 190 Å². The smallest absolute Gasteiger partial charge is 0.416 e. The van der Waals surface area contributed by atoms with Crippen LogP contribution in [0, 0.1) is 6.92 Å². The molecule has 34 heavy (non-hydrogen) atoms. The molecule has 2 heterocycles. The molecule has 0 aliphatic rings. The highest BCUT2D eigenvalue weighted by Crippen LogP contribution is 2.30. The predicted molar refractivity (Wildman–Crippen MR) is 113 cm³/mol. The van der Waals surface area contributed by atoms with E-state index in [9.17, 15) is 27.9 Å². The summed E-state index contributed by atoms with van der Waals surface area (Å²) in [6, 6.07) is 13.3. The number of nitrogens with one attached hydrogen (secondary N) is 2. The number of nitrogens with zero attached hydrogens (tertiary/aromatic N) is 4. The van der Waals surface area contributed by atoms with Crippen LogP contribution in [0.25, 0.3) is 11.4 Å². The van der Waals surface area contributed by atoms with Crippen molar-refractivity contribution in [3.05, 3.63) is 89.5 Å². The molecule has 4 aromatic rings. The van der Waals surface area contributed by atoms with E-state index < -0.39 is 29.3 Å². The Morgan fingerprint density at radius 1 is 0.971 bits per heavy atom. The number of hydrogen-bond donors (Lipinski definition) is 3. The van der Waals surface area contributed by atoms with Gasteiger partial charge in [0.2, 0.25) is 0 Å². The molecule has 0 radical (unpaired) electrons. The molecule has 2 aromatic heterocycles. The highest BCUT2D eigenvalue weighted by atomic mass is 19.4. The van der Waals surface area contributed by atoms with Gasteiger partial charge >= 0.3 is 6.18 Å². The van der Waals surface area contributed by atoms with Crippen molar-refractivity contribution >= 4 is 11.8 Å². The normalized spacial score (nSPS) is 11.3. The fourth-order valence-corrected chi connectivity index (χ4v) is 3.19. The minimum atomic E-state index is -4.53. The molecule has 2 amide bonds. The Bertz CT molecular complexity index is 1360. The van der Waals surface area contributed by atoms with Crippen LogP contribution in [0.2, 0.25) is 0 Å². The van der Waals surface area contributed by atoms with E-state index in [1.165, 1.54) is 40.8 Å². The third kappa shape index (κ3) is 4.46. The average molecular weight is 470 g/mol. The van der Waals surface area contributed by atoms with Gasteiger partial charge in [-0.15, -0.1) is 0 Å². The monoisotopic (exact) mass is 470 g/mol. The van der Waals surface area contributed by atoms with E-state index in [1.807, 2.05) is 0 Å². The fraction of sp³-hybridized carbons (Fsp3) is 0.0909. The molecule has 0 saturated heterocycles. The second-order valence-electron chi connectivity index (χ2n) is 7.15. The van der Waals surface area contributed by atoms with E-state index in [2.05, 4.69) is 21.0 Å². The number of hydrazine groups is 1. The first-order valence-electron chi connectivity index (χ1n) is 9.82. The molecule has 0 aliphatic heterocycles. The predicted octanol–water partition coefficient (Wildman–Crippen LogP) is 3.17. The van der Waals surface area contributed by atoms with Gasteiger partial charge in [-0.1, -0.05) is 24.3 Å². The molecule has 0 fully saturated rings. The summed E-state index contributed by atoms with van der Waals surface area (Å²) in [6.45, 7) is 1.50. The zero-order valence-corrected chi connectivity index (χ0v) is 17.5. The molecule has 2 aromatic carbocycles. The van der Waals surface area contributed by atoms with Crippen LogP contribution in [0.3, 0.4) is 0 Å². The summed E-state index contributed by atoms with van der Waals surface area (Å²) in [5, 5.41) is 18.0. The summed E-state index contributed by atoms with van der Waals surface area (Å²) >= 11 is 0. The second-order valence-corrected chi connectivity index (χ2v) is 7.15. The van der Waals surface area contributed by atoms with Gasteiger partial charge in [-0.2, -0.15) is 23.4 Å². The Kier molecular flexibility index (Phi) is 5.80. The van der Waals surface area contributed by atoms with Crippen LogP contribution in [-0.2, 0) is 6.18 Å². The zero-order valence-electron chi connectivity index (χ0n) is 17.5. The maximum atomic E-state index is 13.0. The van der Waals surface area contributed by atoms with Crippen molar-refractivity contribution in [2.75, 3.05) is 0 Å². The molecule has 0 atom stereocenters. The summed E-state index contributed by atoms with van der Waals surface area (Å²) in [5.74, 6) is -2.03. The molecule has 0 unspecified atom stereocenters. The lowest BCUT2D eigenvalue weighted by Gasteiger charge is -2.10. The number of carbonyl (C=O) groups excluding carboxylic acids is 2. The van der Waals surface area contributed by atoms with Crippen LogP contribution < -0.4 is 10.9 Å². The number of para-hydroxylation sites is 1.